The minimum atomic E-state index is -4.91. The van der Waals surface area contributed by atoms with Gasteiger partial charge in [-0.3, -0.25) is 9.78 Å². The molecule has 0 bridgehead atoms. The molecule has 1 aromatic carbocycles. The second kappa shape index (κ2) is 5.20. The summed E-state index contributed by atoms with van der Waals surface area (Å²) in [6.45, 7) is 0. The van der Waals surface area contributed by atoms with E-state index in [2.05, 4.69) is 9.72 Å². The molecule has 1 N–H and O–H groups in total. The summed E-state index contributed by atoms with van der Waals surface area (Å²) in [4.78, 5) is 15.7. The lowest BCUT2D eigenvalue weighted by Gasteiger charge is -2.11. The van der Waals surface area contributed by atoms with Gasteiger partial charge in [0.05, 0.1) is 0 Å². The predicted octanol–water partition coefficient (Wildman–Crippen LogP) is 2.92. The first-order valence-electron chi connectivity index (χ1n) is 5.40. The van der Waals surface area contributed by atoms with E-state index in [0.717, 1.165) is 18.2 Å². The van der Waals surface area contributed by atoms with Crippen molar-refractivity contribution in [1.29, 1.82) is 0 Å². The number of phenolic OH excluding ortho intramolecular Hbond substituents is 1. The summed E-state index contributed by atoms with van der Waals surface area (Å²) in [5, 5.41) is 9.46. The number of hydrogen-bond acceptors (Lipinski definition) is 4. The number of ether oxygens (including phenoxy) is 1. The molecule has 104 valence electrons. The number of aromatic hydroxyl groups is 1. The van der Waals surface area contributed by atoms with Crippen molar-refractivity contribution in [3.8, 4) is 11.5 Å². The zero-order valence-corrected chi connectivity index (χ0v) is 9.89. The van der Waals surface area contributed by atoms with Crippen molar-refractivity contribution >= 4 is 5.78 Å². The number of hydrogen-bond donors (Lipinski definition) is 1. The molecule has 0 aliphatic rings. The third kappa shape index (κ3) is 3.25. The van der Waals surface area contributed by atoms with E-state index in [0.29, 0.717) is 0 Å². The molecule has 0 spiro atoms. The topological polar surface area (TPSA) is 59.4 Å². The van der Waals surface area contributed by atoms with Crippen LogP contribution in [0, 0.1) is 0 Å². The lowest BCUT2D eigenvalue weighted by atomic mass is 10.0. The van der Waals surface area contributed by atoms with Gasteiger partial charge in [0.25, 0.3) is 0 Å². The van der Waals surface area contributed by atoms with Crippen LogP contribution in [-0.4, -0.2) is 22.2 Å². The van der Waals surface area contributed by atoms with Crippen LogP contribution in [-0.2, 0) is 0 Å². The van der Waals surface area contributed by atoms with Gasteiger partial charge in [-0.2, -0.15) is 0 Å². The van der Waals surface area contributed by atoms with Crippen LogP contribution in [0.4, 0.5) is 13.2 Å². The van der Waals surface area contributed by atoms with E-state index in [1.807, 2.05) is 0 Å². The Bertz CT molecular complexity index is 627. The lowest BCUT2D eigenvalue weighted by Crippen LogP contribution is -2.17. The molecule has 0 aliphatic heterocycles. The maximum atomic E-state index is 12.0. The van der Waals surface area contributed by atoms with Crippen molar-refractivity contribution in [2.24, 2.45) is 0 Å². The van der Waals surface area contributed by atoms with Gasteiger partial charge in [0.15, 0.2) is 17.3 Å². The van der Waals surface area contributed by atoms with Crippen molar-refractivity contribution < 1.29 is 27.8 Å². The molecule has 7 heteroatoms. The van der Waals surface area contributed by atoms with Crippen molar-refractivity contribution in [2.75, 3.05) is 0 Å². The van der Waals surface area contributed by atoms with Gasteiger partial charge in [-0.1, -0.05) is 0 Å². The number of rotatable bonds is 3. The summed E-state index contributed by atoms with van der Waals surface area (Å²) < 4.78 is 39.7. The monoisotopic (exact) mass is 283 g/mol. The summed E-state index contributed by atoms with van der Waals surface area (Å²) in [6, 6.07) is 5.99. The Morgan fingerprint density at radius 2 is 1.95 bits per heavy atom. The second-order valence-electron chi connectivity index (χ2n) is 3.80. The number of alkyl halides is 3. The maximum absolute atomic E-state index is 12.0. The number of benzene rings is 1. The van der Waals surface area contributed by atoms with Gasteiger partial charge in [0, 0.05) is 23.5 Å². The van der Waals surface area contributed by atoms with Gasteiger partial charge in [-0.05, 0) is 30.3 Å². The van der Waals surface area contributed by atoms with Crippen LogP contribution in [0.2, 0.25) is 0 Å². The fourth-order valence-corrected chi connectivity index (χ4v) is 1.53. The van der Waals surface area contributed by atoms with Crippen molar-refractivity contribution in [1.82, 2.24) is 4.98 Å². The van der Waals surface area contributed by atoms with Crippen LogP contribution in [0.3, 0.4) is 0 Å². The van der Waals surface area contributed by atoms with Crippen LogP contribution < -0.4 is 4.74 Å². The zero-order chi connectivity index (χ0) is 14.8. The van der Waals surface area contributed by atoms with E-state index in [1.165, 1.54) is 18.5 Å². The molecule has 2 rings (SSSR count). The third-order valence-electron chi connectivity index (χ3n) is 2.37. The van der Waals surface area contributed by atoms with Gasteiger partial charge in [-0.15, -0.1) is 13.2 Å². The Morgan fingerprint density at radius 1 is 1.20 bits per heavy atom. The highest BCUT2D eigenvalue weighted by atomic mass is 19.4. The molecule has 0 fully saturated rings. The summed E-state index contributed by atoms with van der Waals surface area (Å²) in [7, 11) is 0. The quantitative estimate of drug-likeness (QED) is 0.880. The Kier molecular flexibility index (Phi) is 3.60. The largest absolute Gasteiger partial charge is 0.573 e. The zero-order valence-electron chi connectivity index (χ0n) is 9.89. The van der Waals surface area contributed by atoms with Crippen molar-refractivity contribution in [2.45, 2.75) is 6.36 Å². The highest BCUT2D eigenvalue weighted by molar-refractivity contribution is 6.09. The van der Waals surface area contributed by atoms with Crippen molar-refractivity contribution in [3.63, 3.8) is 0 Å². The Hall–Kier alpha value is -2.57. The van der Waals surface area contributed by atoms with E-state index in [1.54, 1.807) is 6.07 Å². The summed E-state index contributed by atoms with van der Waals surface area (Å²) >= 11 is 0. The Morgan fingerprint density at radius 3 is 2.50 bits per heavy atom. The fraction of sp³-hybridized carbons (Fsp3) is 0.0769. The van der Waals surface area contributed by atoms with Crippen LogP contribution >= 0.6 is 0 Å². The molecule has 1 aromatic heterocycles. The number of carbonyl (C=O) groups excluding carboxylic acids is 1. The number of carbonyl (C=O) groups is 1. The maximum Gasteiger partial charge on any atom is 0.573 e. The molecular weight excluding hydrogens is 275 g/mol. The average Bonchev–Trinajstić information content (AvgIpc) is 2.40. The molecule has 20 heavy (non-hydrogen) atoms. The van der Waals surface area contributed by atoms with Gasteiger partial charge in [0.2, 0.25) is 0 Å². The smallest absolute Gasteiger partial charge is 0.504 e. The van der Waals surface area contributed by atoms with Gasteiger partial charge in [0.1, 0.15) is 0 Å². The second-order valence-corrected chi connectivity index (χ2v) is 3.80. The third-order valence-corrected chi connectivity index (χ3v) is 2.37. The molecular formula is C13H8F3NO3. The standard InChI is InChI=1S/C13H8F3NO3/c14-13(15,16)20-11-4-3-8(6-10(11)18)12(19)9-2-1-5-17-7-9/h1-7,18H. The van der Waals surface area contributed by atoms with E-state index in [4.69, 9.17) is 0 Å². The van der Waals surface area contributed by atoms with E-state index < -0.39 is 23.6 Å². The molecule has 0 saturated heterocycles. The number of aromatic nitrogens is 1. The first kappa shape index (κ1) is 13.9. The normalized spacial score (nSPS) is 11.2. The van der Waals surface area contributed by atoms with Crippen molar-refractivity contribution in [3.05, 3.63) is 53.9 Å². The fourth-order valence-electron chi connectivity index (χ4n) is 1.53. The first-order valence-corrected chi connectivity index (χ1v) is 5.40. The molecule has 0 aliphatic carbocycles. The number of pyridine rings is 1. The van der Waals surface area contributed by atoms with Gasteiger partial charge >= 0.3 is 6.36 Å². The van der Waals surface area contributed by atoms with Crippen LogP contribution in [0.5, 0.6) is 11.5 Å². The van der Waals surface area contributed by atoms with Crippen LogP contribution in [0.15, 0.2) is 42.7 Å². The summed E-state index contributed by atoms with van der Waals surface area (Å²) in [5.74, 6) is -2.00. The van der Waals surface area contributed by atoms with Crippen LogP contribution in [0.25, 0.3) is 0 Å². The van der Waals surface area contributed by atoms with Gasteiger partial charge in [-0.25, -0.2) is 0 Å². The summed E-state index contributed by atoms with van der Waals surface area (Å²) in [5.41, 5.74) is 0.293. The van der Waals surface area contributed by atoms with E-state index >= 15 is 0 Å². The molecule has 1 heterocycles. The number of phenols is 1. The number of nitrogens with zero attached hydrogens (tertiary/aromatic N) is 1. The summed E-state index contributed by atoms with van der Waals surface area (Å²) in [6.07, 6.45) is -2.11. The highest BCUT2D eigenvalue weighted by Gasteiger charge is 2.32. The van der Waals surface area contributed by atoms with Crippen LogP contribution in [0.1, 0.15) is 15.9 Å². The Balaban J connectivity index is 2.28. The SMILES string of the molecule is O=C(c1cccnc1)c1ccc(OC(F)(F)F)c(O)c1. The lowest BCUT2D eigenvalue weighted by molar-refractivity contribution is -0.275. The molecule has 4 nitrogen and oxygen atoms in total. The Labute approximate surface area is 111 Å². The molecule has 0 saturated carbocycles. The van der Waals surface area contributed by atoms with E-state index in [-0.39, 0.29) is 11.1 Å². The first-order chi connectivity index (χ1) is 9.37. The number of ketones is 1. The molecule has 0 atom stereocenters. The molecule has 0 radical (unpaired) electrons. The average molecular weight is 283 g/mol. The molecule has 0 unspecified atom stereocenters. The predicted molar refractivity (Wildman–Crippen MR) is 62.5 cm³/mol. The molecule has 0 amide bonds. The molecule has 2 aromatic rings. The van der Waals surface area contributed by atoms with E-state index in [9.17, 15) is 23.1 Å². The number of halogens is 3. The minimum Gasteiger partial charge on any atom is -0.504 e. The minimum absolute atomic E-state index is 0.0324. The highest BCUT2D eigenvalue weighted by Crippen LogP contribution is 2.32. The van der Waals surface area contributed by atoms with Gasteiger partial charge < -0.3 is 9.84 Å².